The lowest BCUT2D eigenvalue weighted by Crippen LogP contribution is -2.22. The molecule has 1 fully saturated rings. The second kappa shape index (κ2) is 6.35. The van der Waals surface area contributed by atoms with Crippen LogP contribution in [0.1, 0.15) is 36.0 Å². The highest BCUT2D eigenvalue weighted by Gasteiger charge is 2.12. The number of aromatic nitrogens is 1. The summed E-state index contributed by atoms with van der Waals surface area (Å²) in [4.78, 5) is 15.0. The summed E-state index contributed by atoms with van der Waals surface area (Å²) < 4.78 is 5.64. The number of hydrogen-bond acceptors (Lipinski definition) is 4. The third-order valence-electron chi connectivity index (χ3n) is 3.09. The highest BCUT2D eigenvalue weighted by Crippen LogP contribution is 2.15. The quantitative estimate of drug-likeness (QED) is 0.830. The van der Waals surface area contributed by atoms with E-state index in [1.54, 1.807) is 12.1 Å². The SMILES string of the molecule is NC(=O)c1ccc(NCCC2CCCCO2)nc1. The summed E-state index contributed by atoms with van der Waals surface area (Å²) in [6, 6.07) is 3.44. The zero-order chi connectivity index (χ0) is 12.8. The first-order valence-electron chi connectivity index (χ1n) is 6.37. The van der Waals surface area contributed by atoms with Gasteiger partial charge in [0.05, 0.1) is 11.7 Å². The van der Waals surface area contributed by atoms with E-state index in [1.807, 2.05) is 0 Å². The number of nitrogens with two attached hydrogens (primary N) is 1. The van der Waals surface area contributed by atoms with E-state index in [4.69, 9.17) is 10.5 Å². The lowest BCUT2D eigenvalue weighted by atomic mass is 10.1. The first-order chi connectivity index (χ1) is 8.75. The predicted molar refractivity (Wildman–Crippen MR) is 69.5 cm³/mol. The Kier molecular flexibility index (Phi) is 4.52. The molecule has 0 bridgehead atoms. The maximum absolute atomic E-state index is 10.9. The van der Waals surface area contributed by atoms with Crippen molar-refractivity contribution in [2.24, 2.45) is 5.73 Å². The molecule has 2 heterocycles. The van der Waals surface area contributed by atoms with E-state index < -0.39 is 5.91 Å². The van der Waals surface area contributed by atoms with Gasteiger partial charge in [-0.25, -0.2) is 4.98 Å². The molecule has 98 valence electrons. The number of pyridine rings is 1. The smallest absolute Gasteiger partial charge is 0.250 e. The molecule has 1 aliphatic rings. The van der Waals surface area contributed by atoms with Crippen molar-refractivity contribution in [2.75, 3.05) is 18.5 Å². The summed E-state index contributed by atoms with van der Waals surface area (Å²) in [6.07, 6.45) is 6.43. The van der Waals surface area contributed by atoms with Crippen LogP contribution >= 0.6 is 0 Å². The maximum atomic E-state index is 10.9. The Labute approximate surface area is 107 Å². The largest absolute Gasteiger partial charge is 0.378 e. The minimum Gasteiger partial charge on any atom is -0.378 e. The van der Waals surface area contributed by atoms with E-state index in [0.717, 1.165) is 31.8 Å². The topological polar surface area (TPSA) is 77.2 Å². The molecule has 1 aromatic rings. The Balaban J connectivity index is 1.74. The Morgan fingerprint density at radius 1 is 1.50 bits per heavy atom. The van der Waals surface area contributed by atoms with Crippen LogP contribution in [-0.2, 0) is 4.74 Å². The van der Waals surface area contributed by atoms with Gasteiger partial charge in [-0.3, -0.25) is 4.79 Å². The van der Waals surface area contributed by atoms with Crippen molar-refractivity contribution in [1.82, 2.24) is 4.98 Å². The predicted octanol–water partition coefficient (Wildman–Crippen LogP) is 1.55. The van der Waals surface area contributed by atoms with Gasteiger partial charge in [-0.1, -0.05) is 0 Å². The molecule has 1 amide bonds. The number of carbonyl (C=O) groups excluding carboxylic acids is 1. The van der Waals surface area contributed by atoms with Crippen LogP contribution in [0.4, 0.5) is 5.82 Å². The zero-order valence-corrected chi connectivity index (χ0v) is 10.4. The summed E-state index contributed by atoms with van der Waals surface area (Å²) in [7, 11) is 0. The van der Waals surface area contributed by atoms with Crippen molar-refractivity contribution in [3.05, 3.63) is 23.9 Å². The minimum atomic E-state index is -0.454. The van der Waals surface area contributed by atoms with Crippen molar-refractivity contribution in [3.63, 3.8) is 0 Å². The van der Waals surface area contributed by atoms with Crippen LogP contribution in [0, 0.1) is 0 Å². The molecule has 1 aliphatic heterocycles. The van der Waals surface area contributed by atoms with Gasteiger partial charge in [0.15, 0.2) is 0 Å². The summed E-state index contributed by atoms with van der Waals surface area (Å²) in [6.45, 7) is 1.71. The van der Waals surface area contributed by atoms with Gasteiger partial charge in [-0.15, -0.1) is 0 Å². The maximum Gasteiger partial charge on any atom is 0.250 e. The second-order valence-electron chi connectivity index (χ2n) is 4.50. The van der Waals surface area contributed by atoms with Gasteiger partial charge in [0.25, 0.3) is 0 Å². The molecule has 0 aromatic carbocycles. The number of nitrogens with zero attached hydrogens (tertiary/aromatic N) is 1. The fourth-order valence-electron chi connectivity index (χ4n) is 2.04. The monoisotopic (exact) mass is 249 g/mol. The molecule has 0 spiro atoms. The number of anilines is 1. The molecule has 1 unspecified atom stereocenters. The summed E-state index contributed by atoms with van der Waals surface area (Å²) in [5.41, 5.74) is 5.57. The van der Waals surface area contributed by atoms with Crippen LogP contribution in [0.3, 0.4) is 0 Å². The van der Waals surface area contributed by atoms with Gasteiger partial charge >= 0.3 is 0 Å². The number of ether oxygens (including phenoxy) is 1. The van der Waals surface area contributed by atoms with E-state index in [0.29, 0.717) is 11.7 Å². The van der Waals surface area contributed by atoms with Crippen LogP contribution in [0.2, 0.25) is 0 Å². The summed E-state index contributed by atoms with van der Waals surface area (Å²) >= 11 is 0. The third-order valence-corrected chi connectivity index (χ3v) is 3.09. The van der Waals surface area contributed by atoms with E-state index in [-0.39, 0.29) is 0 Å². The van der Waals surface area contributed by atoms with E-state index >= 15 is 0 Å². The fraction of sp³-hybridized carbons (Fsp3) is 0.538. The molecule has 0 radical (unpaired) electrons. The van der Waals surface area contributed by atoms with Crippen LogP contribution in [0.5, 0.6) is 0 Å². The number of hydrogen-bond donors (Lipinski definition) is 2. The van der Waals surface area contributed by atoms with Crippen molar-refractivity contribution < 1.29 is 9.53 Å². The van der Waals surface area contributed by atoms with Crippen molar-refractivity contribution in [2.45, 2.75) is 31.8 Å². The van der Waals surface area contributed by atoms with Gasteiger partial charge < -0.3 is 15.8 Å². The Bertz CT molecular complexity index is 386. The van der Waals surface area contributed by atoms with Crippen LogP contribution in [-0.4, -0.2) is 30.1 Å². The van der Waals surface area contributed by atoms with Crippen LogP contribution in [0.15, 0.2) is 18.3 Å². The fourth-order valence-corrected chi connectivity index (χ4v) is 2.04. The second-order valence-corrected chi connectivity index (χ2v) is 4.50. The minimum absolute atomic E-state index is 0.371. The molecule has 0 saturated carbocycles. The lowest BCUT2D eigenvalue weighted by Gasteiger charge is -2.22. The lowest BCUT2D eigenvalue weighted by molar-refractivity contribution is 0.0134. The highest BCUT2D eigenvalue weighted by molar-refractivity contribution is 5.92. The molecule has 5 nitrogen and oxygen atoms in total. The molecule has 1 saturated heterocycles. The number of nitrogens with one attached hydrogen (secondary N) is 1. The summed E-state index contributed by atoms with van der Waals surface area (Å²) in [5, 5.41) is 3.21. The van der Waals surface area contributed by atoms with E-state index in [9.17, 15) is 4.79 Å². The molecule has 0 aliphatic carbocycles. The normalized spacial score (nSPS) is 19.4. The Morgan fingerprint density at radius 2 is 2.39 bits per heavy atom. The van der Waals surface area contributed by atoms with E-state index in [2.05, 4.69) is 10.3 Å². The zero-order valence-electron chi connectivity index (χ0n) is 10.4. The molecule has 1 aromatic heterocycles. The van der Waals surface area contributed by atoms with Gasteiger partial charge in [0, 0.05) is 19.3 Å². The number of primary amides is 1. The van der Waals surface area contributed by atoms with E-state index in [1.165, 1.54) is 19.0 Å². The van der Waals surface area contributed by atoms with Crippen molar-refractivity contribution >= 4 is 11.7 Å². The molecular weight excluding hydrogens is 230 g/mol. The van der Waals surface area contributed by atoms with Crippen LogP contribution < -0.4 is 11.1 Å². The molecule has 2 rings (SSSR count). The Hall–Kier alpha value is -1.62. The summed E-state index contributed by atoms with van der Waals surface area (Å²) in [5.74, 6) is 0.306. The average Bonchev–Trinajstić information content (AvgIpc) is 2.40. The Morgan fingerprint density at radius 3 is 3.00 bits per heavy atom. The molecule has 3 N–H and O–H groups in total. The van der Waals surface area contributed by atoms with Gasteiger partial charge in [0.1, 0.15) is 5.82 Å². The first kappa shape index (κ1) is 12.8. The number of carbonyl (C=O) groups is 1. The molecule has 1 atom stereocenters. The molecule has 5 heteroatoms. The van der Waals surface area contributed by atoms with Gasteiger partial charge in [-0.05, 0) is 37.8 Å². The van der Waals surface area contributed by atoms with Crippen LogP contribution in [0.25, 0.3) is 0 Å². The van der Waals surface area contributed by atoms with Gasteiger partial charge in [-0.2, -0.15) is 0 Å². The molecular formula is C13H19N3O2. The highest BCUT2D eigenvalue weighted by atomic mass is 16.5. The first-order valence-corrected chi connectivity index (χ1v) is 6.37. The van der Waals surface area contributed by atoms with Crippen molar-refractivity contribution in [3.8, 4) is 0 Å². The van der Waals surface area contributed by atoms with Gasteiger partial charge in [0.2, 0.25) is 5.91 Å². The number of rotatable bonds is 5. The molecule has 18 heavy (non-hydrogen) atoms. The van der Waals surface area contributed by atoms with Crippen molar-refractivity contribution in [1.29, 1.82) is 0 Å². The average molecular weight is 249 g/mol. The third kappa shape index (κ3) is 3.70. The number of amides is 1. The standard InChI is InChI=1S/C13H19N3O2/c14-13(17)10-4-5-12(16-9-10)15-7-6-11-3-1-2-8-18-11/h4-5,9,11H,1-3,6-8H2,(H2,14,17)(H,15,16).